The lowest BCUT2D eigenvalue weighted by Gasteiger charge is -2.28. The maximum atomic E-state index is 11.9. The van der Waals surface area contributed by atoms with E-state index in [0.717, 1.165) is 25.7 Å². The van der Waals surface area contributed by atoms with Crippen molar-refractivity contribution in [3.63, 3.8) is 0 Å². The van der Waals surface area contributed by atoms with E-state index in [1.165, 1.54) is 0 Å². The van der Waals surface area contributed by atoms with Gasteiger partial charge in [-0.2, -0.15) is 0 Å². The van der Waals surface area contributed by atoms with Crippen molar-refractivity contribution in [2.45, 2.75) is 50.0 Å². The van der Waals surface area contributed by atoms with Crippen molar-refractivity contribution in [2.24, 2.45) is 0 Å². The van der Waals surface area contributed by atoms with E-state index in [1.54, 1.807) is 19.2 Å². The molecule has 1 aromatic carbocycles. The van der Waals surface area contributed by atoms with Gasteiger partial charge >= 0.3 is 5.97 Å². The molecule has 0 saturated heterocycles. The molecule has 2 fully saturated rings. The number of hydrogen-bond acceptors (Lipinski definition) is 3. The summed E-state index contributed by atoms with van der Waals surface area (Å²) in [6.07, 6.45) is 5.23. The molecule has 21 heavy (non-hydrogen) atoms. The maximum Gasteiger partial charge on any atom is 0.314 e. The molecule has 0 bridgehead atoms. The fourth-order valence-electron chi connectivity index (χ4n) is 3.13. The average molecular weight is 311 g/mol. The third-order valence-corrected chi connectivity index (χ3v) is 4.65. The fraction of sp³-hybridized carbons (Fsp3) is 0.562. The number of hydrogen-bond donors (Lipinski definition) is 1. The first kappa shape index (κ1) is 14.5. The first-order valence-electron chi connectivity index (χ1n) is 7.35. The van der Waals surface area contributed by atoms with Crippen molar-refractivity contribution in [3.05, 3.63) is 22.7 Å². The summed E-state index contributed by atoms with van der Waals surface area (Å²) < 4.78 is 11.4. The third kappa shape index (κ3) is 2.57. The smallest absolute Gasteiger partial charge is 0.314 e. The third-order valence-electron chi connectivity index (χ3n) is 4.43. The second kappa shape index (κ2) is 5.41. The molecule has 114 valence electrons. The minimum absolute atomic E-state index is 0.172. The molecule has 0 aliphatic heterocycles. The zero-order chi connectivity index (χ0) is 15.0. The lowest BCUT2D eigenvalue weighted by molar-refractivity contribution is -0.143. The summed E-state index contributed by atoms with van der Waals surface area (Å²) in [5.41, 5.74) is -0.230. The largest absolute Gasteiger partial charge is 0.493 e. The predicted octanol–water partition coefficient (Wildman–Crippen LogP) is 3.79. The zero-order valence-corrected chi connectivity index (χ0v) is 12.8. The van der Waals surface area contributed by atoms with Crippen LogP contribution in [-0.2, 0) is 10.2 Å². The molecule has 0 atom stereocenters. The molecule has 1 N–H and O–H groups in total. The highest BCUT2D eigenvalue weighted by atomic mass is 35.5. The topological polar surface area (TPSA) is 55.8 Å². The van der Waals surface area contributed by atoms with Crippen LogP contribution in [0.5, 0.6) is 11.5 Å². The Morgan fingerprint density at radius 1 is 1.33 bits per heavy atom. The van der Waals surface area contributed by atoms with Crippen molar-refractivity contribution in [2.75, 3.05) is 7.11 Å². The number of methoxy groups -OCH3 is 1. The Labute approximate surface area is 129 Å². The average Bonchev–Trinajstić information content (AvgIpc) is 3.13. The molecule has 0 unspecified atom stereocenters. The van der Waals surface area contributed by atoms with E-state index < -0.39 is 11.4 Å². The summed E-state index contributed by atoms with van der Waals surface area (Å²) >= 11 is 6.17. The molecule has 1 aromatic rings. The molecule has 2 saturated carbocycles. The van der Waals surface area contributed by atoms with Crippen LogP contribution in [0.1, 0.15) is 44.1 Å². The Balaban J connectivity index is 2.14. The second-order valence-corrected chi connectivity index (χ2v) is 6.33. The minimum atomic E-state index is -0.900. The lowest BCUT2D eigenvalue weighted by atomic mass is 9.78. The number of halogens is 1. The normalized spacial score (nSPS) is 20.3. The summed E-state index contributed by atoms with van der Waals surface area (Å²) in [6, 6.07) is 3.43. The SMILES string of the molecule is COc1cc(Cl)cc(C2(C(=O)O)CCCC2)c1OC1CC1. The van der Waals surface area contributed by atoms with E-state index in [9.17, 15) is 9.90 Å². The number of aliphatic carboxylic acids is 1. The van der Waals surface area contributed by atoms with Gasteiger partial charge in [0.1, 0.15) is 0 Å². The van der Waals surface area contributed by atoms with Gasteiger partial charge < -0.3 is 14.6 Å². The zero-order valence-electron chi connectivity index (χ0n) is 12.0. The van der Waals surface area contributed by atoms with Crippen LogP contribution in [0.3, 0.4) is 0 Å². The second-order valence-electron chi connectivity index (χ2n) is 5.90. The summed E-state index contributed by atoms with van der Waals surface area (Å²) in [5.74, 6) is 0.288. The maximum absolute atomic E-state index is 11.9. The Hall–Kier alpha value is -1.42. The van der Waals surface area contributed by atoms with Crippen molar-refractivity contribution >= 4 is 17.6 Å². The van der Waals surface area contributed by atoms with Crippen molar-refractivity contribution < 1.29 is 19.4 Å². The molecular weight excluding hydrogens is 292 g/mol. The van der Waals surface area contributed by atoms with Gasteiger partial charge in [-0.15, -0.1) is 0 Å². The van der Waals surface area contributed by atoms with Crippen LogP contribution in [-0.4, -0.2) is 24.3 Å². The summed E-state index contributed by atoms with van der Waals surface area (Å²) in [6.45, 7) is 0. The van der Waals surface area contributed by atoms with Crippen molar-refractivity contribution in [1.82, 2.24) is 0 Å². The highest BCUT2D eigenvalue weighted by Crippen LogP contribution is 2.50. The van der Waals surface area contributed by atoms with Gasteiger partial charge in [0.05, 0.1) is 18.6 Å². The fourth-order valence-corrected chi connectivity index (χ4v) is 3.33. The van der Waals surface area contributed by atoms with Gasteiger partial charge in [-0.3, -0.25) is 4.79 Å². The van der Waals surface area contributed by atoms with Crippen LogP contribution in [0.2, 0.25) is 5.02 Å². The molecule has 0 spiro atoms. The number of rotatable bonds is 5. The van der Waals surface area contributed by atoms with Gasteiger partial charge in [0.15, 0.2) is 11.5 Å². The molecule has 0 aromatic heterocycles. The Morgan fingerprint density at radius 2 is 2.00 bits per heavy atom. The van der Waals surface area contributed by atoms with Crippen molar-refractivity contribution in [1.29, 1.82) is 0 Å². The van der Waals surface area contributed by atoms with E-state index in [-0.39, 0.29) is 6.10 Å². The first-order valence-corrected chi connectivity index (χ1v) is 7.73. The monoisotopic (exact) mass is 310 g/mol. The van der Waals surface area contributed by atoms with Crippen LogP contribution in [0.15, 0.2) is 12.1 Å². The Kier molecular flexibility index (Phi) is 3.74. The van der Waals surface area contributed by atoms with Gasteiger partial charge in [-0.05, 0) is 31.7 Å². The van der Waals surface area contributed by atoms with E-state index in [0.29, 0.717) is 34.9 Å². The minimum Gasteiger partial charge on any atom is -0.493 e. The van der Waals surface area contributed by atoms with Crippen LogP contribution in [0, 0.1) is 0 Å². The highest BCUT2D eigenvalue weighted by Gasteiger charge is 2.46. The molecule has 2 aliphatic carbocycles. The van der Waals surface area contributed by atoms with E-state index >= 15 is 0 Å². The number of ether oxygens (including phenoxy) is 2. The summed E-state index contributed by atoms with van der Waals surface area (Å²) in [4.78, 5) is 11.9. The first-order chi connectivity index (χ1) is 10.1. The van der Waals surface area contributed by atoms with Gasteiger partial charge in [0.2, 0.25) is 0 Å². The molecule has 0 amide bonds. The molecule has 0 radical (unpaired) electrons. The standard InChI is InChI=1S/C16H19ClO4/c1-20-13-9-10(17)8-12(14(13)21-11-4-5-11)16(15(18)19)6-2-3-7-16/h8-9,11H,2-7H2,1H3,(H,18,19). The predicted molar refractivity (Wildman–Crippen MR) is 79.4 cm³/mol. The van der Waals surface area contributed by atoms with Crippen LogP contribution in [0.25, 0.3) is 0 Å². The van der Waals surface area contributed by atoms with E-state index in [1.807, 2.05) is 0 Å². The number of carboxylic acid groups (broad SMARTS) is 1. The number of carboxylic acids is 1. The van der Waals surface area contributed by atoms with Crippen LogP contribution in [0.4, 0.5) is 0 Å². The lowest BCUT2D eigenvalue weighted by Crippen LogP contribution is -2.33. The Morgan fingerprint density at radius 3 is 2.52 bits per heavy atom. The molecule has 4 nitrogen and oxygen atoms in total. The summed E-state index contributed by atoms with van der Waals surface area (Å²) in [7, 11) is 1.55. The molecule has 2 aliphatic rings. The molecule has 5 heteroatoms. The van der Waals surface area contributed by atoms with E-state index in [4.69, 9.17) is 21.1 Å². The van der Waals surface area contributed by atoms with E-state index in [2.05, 4.69) is 0 Å². The van der Waals surface area contributed by atoms with Crippen LogP contribution < -0.4 is 9.47 Å². The van der Waals surface area contributed by atoms with Gasteiger partial charge in [0.25, 0.3) is 0 Å². The molecule has 3 rings (SSSR count). The van der Waals surface area contributed by atoms with Gasteiger partial charge in [-0.25, -0.2) is 0 Å². The number of benzene rings is 1. The van der Waals surface area contributed by atoms with Crippen LogP contribution >= 0.6 is 11.6 Å². The highest BCUT2D eigenvalue weighted by molar-refractivity contribution is 6.31. The van der Waals surface area contributed by atoms with Gasteiger partial charge in [-0.1, -0.05) is 24.4 Å². The quantitative estimate of drug-likeness (QED) is 0.899. The Bertz CT molecular complexity index is 560. The van der Waals surface area contributed by atoms with Gasteiger partial charge in [0, 0.05) is 16.7 Å². The molecule has 0 heterocycles. The number of carbonyl (C=O) groups is 1. The summed E-state index contributed by atoms with van der Waals surface area (Å²) in [5, 5.41) is 10.3. The molecular formula is C16H19ClO4. The van der Waals surface area contributed by atoms with Crippen molar-refractivity contribution in [3.8, 4) is 11.5 Å².